The van der Waals surface area contributed by atoms with E-state index >= 15 is 0 Å². The smallest absolute Gasteiger partial charge is 0.123 e. The van der Waals surface area contributed by atoms with Crippen molar-refractivity contribution >= 4 is 5.69 Å². The van der Waals surface area contributed by atoms with Crippen LogP contribution >= 0.6 is 0 Å². The molecular formula is C13H20FNO. The van der Waals surface area contributed by atoms with E-state index in [9.17, 15) is 9.50 Å². The van der Waals surface area contributed by atoms with Gasteiger partial charge in [0.15, 0.2) is 0 Å². The summed E-state index contributed by atoms with van der Waals surface area (Å²) in [5.74, 6) is -0.228. The quantitative estimate of drug-likeness (QED) is 0.804. The maximum Gasteiger partial charge on any atom is 0.123 e. The predicted molar refractivity (Wildman–Crippen MR) is 65.2 cm³/mol. The van der Waals surface area contributed by atoms with Gasteiger partial charge in [-0.05, 0) is 37.6 Å². The van der Waals surface area contributed by atoms with Crippen molar-refractivity contribution in [2.24, 2.45) is 0 Å². The summed E-state index contributed by atoms with van der Waals surface area (Å²) < 4.78 is 12.8. The molecule has 2 nitrogen and oxygen atoms in total. The number of rotatable bonds is 6. The molecule has 0 fully saturated rings. The zero-order valence-corrected chi connectivity index (χ0v) is 9.99. The molecule has 0 heterocycles. The molecule has 1 atom stereocenters. The molecule has 1 aromatic rings. The summed E-state index contributed by atoms with van der Waals surface area (Å²) in [6.45, 7) is 5.50. The lowest BCUT2D eigenvalue weighted by Gasteiger charge is -2.25. The van der Waals surface area contributed by atoms with E-state index in [1.807, 2.05) is 6.92 Å². The molecule has 0 saturated carbocycles. The molecule has 1 N–H and O–H groups in total. The Hall–Kier alpha value is -1.09. The number of aliphatic hydroxyl groups is 1. The third-order valence-corrected chi connectivity index (χ3v) is 2.63. The van der Waals surface area contributed by atoms with E-state index in [4.69, 9.17) is 0 Å². The third kappa shape index (κ3) is 3.81. The largest absolute Gasteiger partial charge is 0.391 e. The molecule has 90 valence electrons. The average molecular weight is 225 g/mol. The SMILES string of the molecule is CCCC(O)CN(CC)c1ccc(F)cc1. The molecular weight excluding hydrogens is 205 g/mol. The lowest BCUT2D eigenvalue weighted by molar-refractivity contribution is 0.169. The summed E-state index contributed by atoms with van der Waals surface area (Å²) in [5.41, 5.74) is 0.957. The molecule has 0 radical (unpaired) electrons. The average Bonchev–Trinajstić information content (AvgIpc) is 2.27. The highest BCUT2D eigenvalue weighted by molar-refractivity contribution is 5.46. The maximum absolute atomic E-state index is 12.8. The summed E-state index contributed by atoms with van der Waals surface area (Å²) in [5, 5.41) is 9.75. The number of halogens is 1. The van der Waals surface area contributed by atoms with Crippen LogP contribution in [0.1, 0.15) is 26.7 Å². The fraction of sp³-hybridized carbons (Fsp3) is 0.538. The van der Waals surface area contributed by atoms with E-state index in [-0.39, 0.29) is 11.9 Å². The summed E-state index contributed by atoms with van der Waals surface area (Å²) in [6.07, 6.45) is 1.47. The van der Waals surface area contributed by atoms with Gasteiger partial charge >= 0.3 is 0 Å². The van der Waals surface area contributed by atoms with E-state index in [0.717, 1.165) is 25.1 Å². The van der Waals surface area contributed by atoms with Crippen molar-refractivity contribution in [1.29, 1.82) is 0 Å². The zero-order valence-electron chi connectivity index (χ0n) is 9.99. The normalized spacial score (nSPS) is 12.5. The fourth-order valence-electron chi connectivity index (χ4n) is 1.75. The molecule has 0 amide bonds. The van der Waals surface area contributed by atoms with Crippen LogP contribution in [0.5, 0.6) is 0 Å². The van der Waals surface area contributed by atoms with Gasteiger partial charge in [0.1, 0.15) is 5.82 Å². The molecule has 0 aliphatic carbocycles. The van der Waals surface area contributed by atoms with Gasteiger partial charge in [0.2, 0.25) is 0 Å². The third-order valence-electron chi connectivity index (χ3n) is 2.63. The van der Waals surface area contributed by atoms with Gasteiger partial charge in [0, 0.05) is 18.8 Å². The number of anilines is 1. The number of hydrogen-bond donors (Lipinski definition) is 1. The molecule has 1 aromatic carbocycles. The van der Waals surface area contributed by atoms with Crippen molar-refractivity contribution in [2.75, 3.05) is 18.0 Å². The van der Waals surface area contributed by atoms with Crippen molar-refractivity contribution < 1.29 is 9.50 Å². The van der Waals surface area contributed by atoms with Crippen LogP contribution in [-0.2, 0) is 0 Å². The van der Waals surface area contributed by atoms with Crippen molar-refractivity contribution in [3.05, 3.63) is 30.1 Å². The van der Waals surface area contributed by atoms with Crippen LogP contribution in [0.3, 0.4) is 0 Å². The Morgan fingerprint density at radius 3 is 2.38 bits per heavy atom. The van der Waals surface area contributed by atoms with Gasteiger partial charge in [0.05, 0.1) is 6.10 Å². The highest BCUT2D eigenvalue weighted by Crippen LogP contribution is 2.15. The molecule has 3 heteroatoms. The fourth-order valence-corrected chi connectivity index (χ4v) is 1.75. The van der Waals surface area contributed by atoms with Gasteiger partial charge in [-0.1, -0.05) is 13.3 Å². The Kier molecular flexibility index (Phi) is 5.26. The number of benzene rings is 1. The first-order valence-corrected chi connectivity index (χ1v) is 5.86. The maximum atomic E-state index is 12.8. The summed E-state index contributed by atoms with van der Waals surface area (Å²) >= 11 is 0. The van der Waals surface area contributed by atoms with Gasteiger partial charge in [-0.15, -0.1) is 0 Å². The lowest BCUT2D eigenvalue weighted by Crippen LogP contribution is -2.32. The van der Waals surface area contributed by atoms with Crippen molar-refractivity contribution in [2.45, 2.75) is 32.8 Å². The van der Waals surface area contributed by atoms with Crippen LogP contribution in [0.2, 0.25) is 0 Å². The van der Waals surface area contributed by atoms with Crippen LogP contribution in [0, 0.1) is 5.82 Å². The van der Waals surface area contributed by atoms with E-state index < -0.39 is 0 Å². The highest BCUT2D eigenvalue weighted by atomic mass is 19.1. The second-order valence-corrected chi connectivity index (χ2v) is 3.96. The van der Waals surface area contributed by atoms with Crippen LogP contribution in [0.25, 0.3) is 0 Å². The summed E-state index contributed by atoms with van der Waals surface area (Å²) in [7, 11) is 0. The molecule has 0 saturated heterocycles. The number of nitrogens with zero attached hydrogens (tertiary/aromatic N) is 1. The molecule has 0 spiro atoms. The molecule has 0 aliphatic rings. The Labute approximate surface area is 96.7 Å². The molecule has 1 rings (SSSR count). The topological polar surface area (TPSA) is 23.5 Å². The minimum absolute atomic E-state index is 0.228. The minimum atomic E-state index is -0.310. The Bertz CT molecular complexity index is 299. The van der Waals surface area contributed by atoms with E-state index in [1.165, 1.54) is 12.1 Å². The first-order chi connectivity index (χ1) is 7.67. The van der Waals surface area contributed by atoms with Crippen LogP contribution in [-0.4, -0.2) is 24.3 Å². The standard InChI is InChI=1S/C13H20FNO/c1-3-5-13(16)10-15(4-2)12-8-6-11(14)7-9-12/h6-9,13,16H,3-5,10H2,1-2H3. The van der Waals surface area contributed by atoms with Crippen molar-refractivity contribution in [1.82, 2.24) is 0 Å². The predicted octanol–water partition coefficient (Wildman–Crippen LogP) is 2.81. The van der Waals surface area contributed by atoms with E-state index in [1.54, 1.807) is 12.1 Å². The van der Waals surface area contributed by atoms with Gasteiger partial charge in [-0.2, -0.15) is 0 Å². The summed E-state index contributed by atoms with van der Waals surface area (Å²) in [6, 6.07) is 6.39. The van der Waals surface area contributed by atoms with Crippen molar-refractivity contribution in [3.63, 3.8) is 0 Å². The first-order valence-electron chi connectivity index (χ1n) is 5.86. The van der Waals surface area contributed by atoms with Crippen LogP contribution in [0.15, 0.2) is 24.3 Å². The molecule has 0 aliphatic heterocycles. The Morgan fingerprint density at radius 2 is 1.88 bits per heavy atom. The minimum Gasteiger partial charge on any atom is -0.391 e. The van der Waals surface area contributed by atoms with E-state index in [2.05, 4.69) is 11.8 Å². The number of hydrogen-bond acceptors (Lipinski definition) is 2. The zero-order chi connectivity index (χ0) is 12.0. The van der Waals surface area contributed by atoms with Gasteiger partial charge in [-0.3, -0.25) is 0 Å². The molecule has 16 heavy (non-hydrogen) atoms. The summed E-state index contributed by atoms with van der Waals surface area (Å²) in [4.78, 5) is 2.06. The molecule has 0 bridgehead atoms. The van der Waals surface area contributed by atoms with Crippen LogP contribution in [0.4, 0.5) is 10.1 Å². The Balaban J connectivity index is 2.63. The number of likely N-dealkylation sites (N-methyl/N-ethyl adjacent to an activating group) is 1. The number of aliphatic hydroxyl groups excluding tert-OH is 1. The van der Waals surface area contributed by atoms with Gasteiger partial charge in [0.25, 0.3) is 0 Å². The monoisotopic (exact) mass is 225 g/mol. The van der Waals surface area contributed by atoms with E-state index in [0.29, 0.717) is 6.54 Å². The van der Waals surface area contributed by atoms with Gasteiger partial charge < -0.3 is 10.0 Å². The molecule has 0 aromatic heterocycles. The van der Waals surface area contributed by atoms with Crippen LogP contribution < -0.4 is 4.90 Å². The molecule has 1 unspecified atom stereocenters. The highest BCUT2D eigenvalue weighted by Gasteiger charge is 2.10. The van der Waals surface area contributed by atoms with Gasteiger partial charge in [-0.25, -0.2) is 4.39 Å². The van der Waals surface area contributed by atoms with Crippen molar-refractivity contribution in [3.8, 4) is 0 Å². The second kappa shape index (κ2) is 6.48. The first kappa shape index (κ1) is 13.0. The second-order valence-electron chi connectivity index (χ2n) is 3.96. The lowest BCUT2D eigenvalue weighted by atomic mass is 10.2. The Morgan fingerprint density at radius 1 is 1.25 bits per heavy atom.